The van der Waals surface area contributed by atoms with Gasteiger partial charge in [0.1, 0.15) is 6.54 Å². The Morgan fingerprint density at radius 3 is 2.45 bits per heavy atom. The van der Waals surface area contributed by atoms with Crippen LogP contribution in [-0.4, -0.2) is 25.3 Å². The fourth-order valence-electron chi connectivity index (χ4n) is 2.01. The molecule has 20 heavy (non-hydrogen) atoms. The summed E-state index contributed by atoms with van der Waals surface area (Å²) in [6.07, 6.45) is -2.94. The van der Waals surface area contributed by atoms with Crippen molar-refractivity contribution in [3.63, 3.8) is 0 Å². The number of hydrogen-bond donors (Lipinski definition) is 1. The standard InChI is InChI=1S/C14H20ClF3N2/c1-3-12(19)7-10-5-6-11(15)8-13(10)20(4-2)9-14(16,17)18/h5-6,8,12H,3-4,7,9,19H2,1-2H3. The molecule has 0 aliphatic carbocycles. The molecule has 0 aromatic heterocycles. The van der Waals surface area contributed by atoms with Crippen LogP contribution in [0.4, 0.5) is 18.9 Å². The summed E-state index contributed by atoms with van der Waals surface area (Å²) in [5.41, 5.74) is 7.22. The predicted molar refractivity (Wildman–Crippen MR) is 77.4 cm³/mol. The van der Waals surface area contributed by atoms with Gasteiger partial charge in [-0.1, -0.05) is 24.6 Å². The van der Waals surface area contributed by atoms with Gasteiger partial charge < -0.3 is 10.6 Å². The summed E-state index contributed by atoms with van der Waals surface area (Å²) in [5.74, 6) is 0. The van der Waals surface area contributed by atoms with E-state index in [9.17, 15) is 13.2 Å². The lowest BCUT2D eigenvalue weighted by molar-refractivity contribution is -0.119. The number of rotatable bonds is 6. The molecule has 1 aromatic carbocycles. The van der Waals surface area contributed by atoms with Crippen molar-refractivity contribution in [1.82, 2.24) is 0 Å². The molecule has 0 radical (unpaired) electrons. The Balaban J connectivity index is 3.08. The van der Waals surface area contributed by atoms with E-state index in [-0.39, 0.29) is 12.6 Å². The van der Waals surface area contributed by atoms with E-state index >= 15 is 0 Å². The van der Waals surface area contributed by atoms with Crippen molar-refractivity contribution in [1.29, 1.82) is 0 Å². The number of nitrogens with zero attached hydrogens (tertiary/aromatic N) is 1. The van der Waals surface area contributed by atoms with Crippen molar-refractivity contribution in [3.05, 3.63) is 28.8 Å². The molecule has 1 unspecified atom stereocenters. The molecule has 114 valence electrons. The van der Waals surface area contributed by atoms with Gasteiger partial charge in [-0.25, -0.2) is 0 Å². The molecule has 0 saturated heterocycles. The minimum atomic E-state index is -4.25. The SMILES string of the molecule is CCC(N)Cc1ccc(Cl)cc1N(CC)CC(F)(F)F. The van der Waals surface area contributed by atoms with Crippen molar-refractivity contribution >= 4 is 17.3 Å². The molecule has 0 aliphatic heterocycles. The normalized spacial score (nSPS) is 13.3. The average molecular weight is 309 g/mol. The average Bonchev–Trinajstić information content (AvgIpc) is 2.37. The van der Waals surface area contributed by atoms with Crippen LogP contribution in [0.3, 0.4) is 0 Å². The van der Waals surface area contributed by atoms with E-state index in [1.54, 1.807) is 25.1 Å². The maximum Gasteiger partial charge on any atom is 0.405 e. The van der Waals surface area contributed by atoms with Crippen LogP contribution < -0.4 is 10.6 Å². The summed E-state index contributed by atoms with van der Waals surface area (Å²) in [7, 11) is 0. The molecule has 1 atom stereocenters. The zero-order valence-electron chi connectivity index (χ0n) is 11.7. The van der Waals surface area contributed by atoms with Gasteiger partial charge in [-0.3, -0.25) is 0 Å². The number of anilines is 1. The highest BCUT2D eigenvalue weighted by Gasteiger charge is 2.31. The minimum absolute atomic E-state index is 0.0699. The van der Waals surface area contributed by atoms with E-state index < -0.39 is 12.7 Å². The van der Waals surface area contributed by atoms with Gasteiger partial charge in [0.05, 0.1) is 0 Å². The van der Waals surface area contributed by atoms with Crippen molar-refractivity contribution < 1.29 is 13.2 Å². The van der Waals surface area contributed by atoms with Crippen LogP contribution >= 0.6 is 11.6 Å². The highest BCUT2D eigenvalue weighted by atomic mass is 35.5. The van der Waals surface area contributed by atoms with E-state index in [0.29, 0.717) is 17.1 Å². The third-order valence-corrected chi connectivity index (χ3v) is 3.38. The van der Waals surface area contributed by atoms with Gasteiger partial charge in [0, 0.05) is 23.3 Å². The van der Waals surface area contributed by atoms with Crippen LogP contribution in [0.25, 0.3) is 0 Å². The first-order valence-corrected chi connectivity index (χ1v) is 7.00. The Labute approximate surface area is 122 Å². The molecule has 1 aromatic rings. The second-order valence-corrected chi connectivity index (χ2v) is 5.21. The quantitative estimate of drug-likeness (QED) is 0.860. The van der Waals surface area contributed by atoms with Crippen LogP contribution in [0.2, 0.25) is 5.02 Å². The third-order valence-electron chi connectivity index (χ3n) is 3.15. The molecular weight excluding hydrogens is 289 g/mol. The van der Waals surface area contributed by atoms with E-state index in [2.05, 4.69) is 0 Å². The highest BCUT2D eigenvalue weighted by Crippen LogP contribution is 2.29. The summed E-state index contributed by atoms with van der Waals surface area (Å²) in [5, 5.41) is 0.425. The Hall–Kier alpha value is -0.940. The Morgan fingerprint density at radius 1 is 1.30 bits per heavy atom. The maximum absolute atomic E-state index is 12.6. The number of halogens is 4. The van der Waals surface area contributed by atoms with Gasteiger partial charge in [0.25, 0.3) is 0 Å². The van der Waals surface area contributed by atoms with E-state index in [4.69, 9.17) is 17.3 Å². The van der Waals surface area contributed by atoms with Crippen LogP contribution in [0.1, 0.15) is 25.8 Å². The summed E-state index contributed by atoms with van der Waals surface area (Å²) in [6.45, 7) is 2.91. The van der Waals surface area contributed by atoms with Crippen molar-refractivity contribution in [2.75, 3.05) is 18.0 Å². The Kier molecular flexibility index (Phi) is 6.14. The van der Waals surface area contributed by atoms with Crippen molar-refractivity contribution in [2.45, 2.75) is 38.9 Å². The van der Waals surface area contributed by atoms with E-state index in [0.717, 1.165) is 12.0 Å². The smallest absolute Gasteiger partial charge is 0.363 e. The zero-order chi connectivity index (χ0) is 15.3. The fourth-order valence-corrected chi connectivity index (χ4v) is 2.18. The third kappa shape index (κ3) is 5.21. The first-order valence-electron chi connectivity index (χ1n) is 6.62. The first kappa shape index (κ1) is 17.1. The Bertz CT molecular complexity index is 435. The summed E-state index contributed by atoms with van der Waals surface area (Å²) >= 11 is 5.92. The largest absolute Gasteiger partial charge is 0.405 e. The summed E-state index contributed by atoms with van der Waals surface area (Å²) < 4.78 is 37.9. The lowest BCUT2D eigenvalue weighted by Gasteiger charge is -2.27. The van der Waals surface area contributed by atoms with Crippen molar-refractivity contribution in [3.8, 4) is 0 Å². The molecule has 0 amide bonds. The second kappa shape index (κ2) is 7.18. The fraction of sp³-hybridized carbons (Fsp3) is 0.571. The van der Waals surface area contributed by atoms with Crippen LogP contribution in [-0.2, 0) is 6.42 Å². The molecule has 0 aliphatic rings. The van der Waals surface area contributed by atoms with Crippen LogP contribution in [0.15, 0.2) is 18.2 Å². The van der Waals surface area contributed by atoms with Gasteiger partial charge in [-0.05, 0) is 37.5 Å². The number of benzene rings is 1. The van der Waals surface area contributed by atoms with Crippen molar-refractivity contribution in [2.24, 2.45) is 5.73 Å². The molecule has 0 spiro atoms. The second-order valence-electron chi connectivity index (χ2n) is 4.77. The van der Waals surface area contributed by atoms with Gasteiger partial charge in [0.15, 0.2) is 0 Å². The van der Waals surface area contributed by atoms with Gasteiger partial charge >= 0.3 is 6.18 Å². The summed E-state index contributed by atoms with van der Waals surface area (Å²) in [4.78, 5) is 1.28. The van der Waals surface area contributed by atoms with Gasteiger partial charge in [-0.15, -0.1) is 0 Å². The molecule has 0 saturated carbocycles. The molecule has 0 heterocycles. The monoisotopic (exact) mass is 308 g/mol. The molecule has 2 nitrogen and oxygen atoms in total. The van der Waals surface area contributed by atoms with Gasteiger partial charge in [-0.2, -0.15) is 13.2 Å². The van der Waals surface area contributed by atoms with Crippen LogP contribution in [0, 0.1) is 0 Å². The molecule has 2 N–H and O–H groups in total. The van der Waals surface area contributed by atoms with E-state index in [1.165, 1.54) is 4.90 Å². The highest BCUT2D eigenvalue weighted by molar-refractivity contribution is 6.30. The minimum Gasteiger partial charge on any atom is -0.363 e. The molecule has 0 fully saturated rings. The topological polar surface area (TPSA) is 29.3 Å². The number of alkyl halides is 3. The molecule has 1 rings (SSSR count). The molecule has 6 heteroatoms. The summed E-state index contributed by atoms with van der Waals surface area (Å²) in [6, 6.07) is 4.95. The first-order chi connectivity index (χ1) is 9.26. The maximum atomic E-state index is 12.6. The molecular formula is C14H20ClF3N2. The predicted octanol–water partition coefficient (Wildman–Crippen LogP) is 4.01. The number of hydrogen-bond acceptors (Lipinski definition) is 2. The zero-order valence-corrected chi connectivity index (χ0v) is 12.4. The van der Waals surface area contributed by atoms with Gasteiger partial charge in [0.2, 0.25) is 0 Å². The molecule has 0 bridgehead atoms. The number of nitrogens with two attached hydrogens (primary N) is 1. The van der Waals surface area contributed by atoms with E-state index in [1.807, 2.05) is 6.92 Å². The Morgan fingerprint density at radius 2 is 1.95 bits per heavy atom. The van der Waals surface area contributed by atoms with Crippen LogP contribution in [0.5, 0.6) is 0 Å². The lowest BCUT2D eigenvalue weighted by Crippen LogP contribution is -2.35. The lowest BCUT2D eigenvalue weighted by atomic mass is 10.0.